The third-order valence-electron chi connectivity index (χ3n) is 4.00. The molecule has 2 heterocycles. The number of hydrogen-bond acceptors (Lipinski definition) is 4. The van der Waals surface area contributed by atoms with Gasteiger partial charge in [0, 0.05) is 37.0 Å². The molecule has 3 rings (SSSR count). The first-order valence-electron chi connectivity index (χ1n) is 6.47. The van der Waals surface area contributed by atoms with Gasteiger partial charge in [-0.2, -0.15) is 0 Å². The molecule has 2 saturated heterocycles. The molecule has 0 spiro atoms. The van der Waals surface area contributed by atoms with Crippen LogP contribution in [0.15, 0.2) is 24.3 Å². The normalized spacial score (nSPS) is 27.0. The molecule has 0 aromatic heterocycles. The zero-order valence-electron chi connectivity index (χ0n) is 10.2. The molecule has 2 aliphatic heterocycles. The molecule has 0 aliphatic carbocycles. The van der Waals surface area contributed by atoms with E-state index in [9.17, 15) is 10.1 Å². The average molecular weight is 247 g/mol. The van der Waals surface area contributed by atoms with Crippen LogP contribution in [0.5, 0.6) is 0 Å². The van der Waals surface area contributed by atoms with E-state index >= 15 is 0 Å². The van der Waals surface area contributed by atoms with Crippen LogP contribution in [0.1, 0.15) is 12.8 Å². The van der Waals surface area contributed by atoms with Crippen molar-refractivity contribution >= 4 is 11.4 Å². The maximum Gasteiger partial charge on any atom is 0.271 e. The molecule has 1 aromatic carbocycles. The number of non-ortho nitro benzene ring substituents is 1. The lowest BCUT2D eigenvalue weighted by Crippen LogP contribution is -2.40. The number of hydrogen-bond donors (Lipinski definition) is 1. The Morgan fingerprint density at radius 2 is 2.28 bits per heavy atom. The molecule has 96 valence electrons. The first-order valence-corrected chi connectivity index (χ1v) is 6.47. The van der Waals surface area contributed by atoms with Crippen molar-refractivity contribution < 1.29 is 4.92 Å². The van der Waals surface area contributed by atoms with Gasteiger partial charge < -0.3 is 10.2 Å². The van der Waals surface area contributed by atoms with E-state index in [2.05, 4.69) is 10.2 Å². The Kier molecular flexibility index (Phi) is 2.91. The Bertz CT molecular complexity index is 449. The second-order valence-corrected chi connectivity index (χ2v) is 5.14. The van der Waals surface area contributed by atoms with Gasteiger partial charge in [-0.3, -0.25) is 10.1 Å². The van der Waals surface area contributed by atoms with Crippen molar-refractivity contribution in [3.8, 4) is 0 Å². The third-order valence-corrected chi connectivity index (χ3v) is 4.00. The van der Waals surface area contributed by atoms with Crippen LogP contribution in [0.3, 0.4) is 0 Å². The highest BCUT2D eigenvalue weighted by Crippen LogP contribution is 2.30. The summed E-state index contributed by atoms with van der Waals surface area (Å²) in [5, 5.41) is 14.3. The summed E-state index contributed by atoms with van der Waals surface area (Å²) in [5.41, 5.74) is 1.15. The number of piperidine rings is 1. The van der Waals surface area contributed by atoms with Crippen molar-refractivity contribution in [3.05, 3.63) is 34.4 Å². The van der Waals surface area contributed by atoms with E-state index in [-0.39, 0.29) is 10.6 Å². The van der Waals surface area contributed by atoms with E-state index in [0.29, 0.717) is 12.0 Å². The molecule has 2 unspecified atom stereocenters. The van der Waals surface area contributed by atoms with Gasteiger partial charge in [-0.15, -0.1) is 0 Å². The molecule has 0 bridgehead atoms. The van der Waals surface area contributed by atoms with Crippen LogP contribution in [0.2, 0.25) is 0 Å². The SMILES string of the molecule is O=[N+]([O-])c1cccc(N2CC3CCCNC3C2)c1. The highest BCUT2D eigenvalue weighted by molar-refractivity contribution is 5.54. The molecule has 2 aliphatic rings. The predicted molar refractivity (Wildman–Crippen MR) is 69.8 cm³/mol. The summed E-state index contributed by atoms with van der Waals surface area (Å²) in [6.45, 7) is 3.08. The summed E-state index contributed by atoms with van der Waals surface area (Å²) in [6.07, 6.45) is 2.51. The highest BCUT2D eigenvalue weighted by atomic mass is 16.6. The summed E-state index contributed by atoms with van der Waals surface area (Å²) in [5.74, 6) is 0.693. The number of nitro groups is 1. The van der Waals surface area contributed by atoms with Gasteiger partial charge in [-0.25, -0.2) is 0 Å². The van der Waals surface area contributed by atoms with E-state index in [1.54, 1.807) is 18.2 Å². The zero-order chi connectivity index (χ0) is 12.5. The standard InChI is InChI=1S/C13H17N3O2/c17-16(18)12-5-1-4-11(7-12)15-8-10-3-2-6-14-13(10)9-15/h1,4-5,7,10,13-14H,2-3,6,8-9H2. The zero-order valence-corrected chi connectivity index (χ0v) is 10.2. The molecule has 1 aromatic rings. The monoisotopic (exact) mass is 247 g/mol. The van der Waals surface area contributed by atoms with E-state index in [4.69, 9.17) is 0 Å². The summed E-state index contributed by atoms with van der Waals surface area (Å²) >= 11 is 0. The van der Waals surface area contributed by atoms with Crippen LogP contribution < -0.4 is 10.2 Å². The van der Waals surface area contributed by atoms with Crippen LogP contribution in [-0.4, -0.2) is 30.6 Å². The predicted octanol–water partition coefficient (Wildman–Crippen LogP) is 1.78. The minimum absolute atomic E-state index is 0.176. The fourth-order valence-electron chi connectivity index (χ4n) is 3.06. The fourth-order valence-corrected chi connectivity index (χ4v) is 3.06. The Morgan fingerprint density at radius 1 is 1.39 bits per heavy atom. The third kappa shape index (κ3) is 2.06. The average Bonchev–Trinajstić information content (AvgIpc) is 2.82. The van der Waals surface area contributed by atoms with Crippen LogP contribution in [0, 0.1) is 16.0 Å². The Morgan fingerprint density at radius 3 is 3.06 bits per heavy atom. The summed E-state index contributed by atoms with van der Waals surface area (Å²) < 4.78 is 0. The van der Waals surface area contributed by atoms with Gasteiger partial charge >= 0.3 is 0 Å². The second kappa shape index (κ2) is 4.57. The number of fused-ring (bicyclic) bond motifs is 1. The first kappa shape index (κ1) is 11.5. The van der Waals surface area contributed by atoms with Crippen LogP contribution in [0.4, 0.5) is 11.4 Å². The van der Waals surface area contributed by atoms with Crippen molar-refractivity contribution in [2.75, 3.05) is 24.5 Å². The molecule has 1 N–H and O–H groups in total. The van der Waals surface area contributed by atoms with Gasteiger partial charge in [-0.05, 0) is 31.4 Å². The number of nitrogens with zero attached hydrogens (tertiary/aromatic N) is 2. The van der Waals surface area contributed by atoms with Crippen LogP contribution in [-0.2, 0) is 0 Å². The first-order chi connectivity index (χ1) is 8.74. The van der Waals surface area contributed by atoms with Gasteiger partial charge in [0.25, 0.3) is 5.69 Å². The minimum Gasteiger partial charge on any atom is -0.369 e. The van der Waals surface area contributed by atoms with Crippen molar-refractivity contribution in [3.63, 3.8) is 0 Å². The van der Waals surface area contributed by atoms with Crippen molar-refractivity contribution in [2.45, 2.75) is 18.9 Å². The van der Waals surface area contributed by atoms with Crippen LogP contribution >= 0.6 is 0 Å². The number of nitro benzene ring substituents is 1. The fraction of sp³-hybridized carbons (Fsp3) is 0.538. The molecule has 18 heavy (non-hydrogen) atoms. The second-order valence-electron chi connectivity index (χ2n) is 5.14. The highest BCUT2D eigenvalue weighted by Gasteiger charge is 2.34. The van der Waals surface area contributed by atoms with E-state index < -0.39 is 0 Å². The molecule has 2 fully saturated rings. The molecule has 0 radical (unpaired) electrons. The smallest absolute Gasteiger partial charge is 0.271 e. The Balaban J connectivity index is 1.79. The summed E-state index contributed by atoms with van der Waals surface area (Å²) in [7, 11) is 0. The van der Waals surface area contributed by atoms with Gasteiger partial charge in [0.1, 0.15) is 0 Å². The topological polar surface area (TPSA) is 58.4 Å². The molecule has 5 nitrogen and oxygen atoms in total. The van der Waals surface area contributed by atoms with Gasteiger partial charge in [-0.1, -0.05) is 6.07 Å². The Labute approximate surface area is 106 Å². The van der Waals surface area contributed by atoms with Crippen molar-refractivity contribution in [1.82, 2.24) is 5.32 Å². The number of rotatable bonds is 2. The lowest BCUT2D eigenvalue weighted by molar-refractivity contribution is -0.384. The maximum absolute atomic E-state index is 10.8. The molecule has 0 amide bonds. The van der Waals surface area contributed by atoms with Crippen molar-refractivity contribution in [1.29, 1.82) is 0 Å². The molecule has 2 atom stereocenters. The van der Waals surface area contributed by atoms with E-state index in [1.165, 1.54) is 12.8 Å². The lowest BCUT2D eigenvalue weighted by atomic mass is 9.94. The number of anilines is 1. The number of nitrogens with one attached hydrogen (secondary N) is 1. The minimum atomic E-state index is -0.328. The maximum atomic E-state index is 10.8. The van der Waals surface area contributed by atoms with Crippen molar-refractivity contribution in [2.24, 2.45) is 5.92 Å². The molecule has 5 heteroatoms. The quantitative estimate of drug-likeness (QED) is 0.639. The summed E-state index contributed by atoms with van der Waals surface area (Å²) in [4.78, 5) is 12.7. The van der Waals surface area contributed by atoms with Gasteiger partial charge in [0.2, 0.25) is 0 Å². The van der Waals surface area contributed by atoms with E-state index in [0.717, 1.165) is 25.3 Å². The number of benzene rings is 1. The largest absolute Gasteiger partial charge is 0.369 e. The van der Waals surface area contributed by atoms with Gasteiger partial charge in [0.15, 0.2) is 0 Å². The Hall–Kier alpha value is -1.62. The lowest BCUT2D eigenvalue weighted by Gasteiger charge is -2.24. The summed E-state index contributed by atoms with van der Waals surface area (Å²) in [6, 6.07) is 7.51. The van der Waals surface area contributed by atoms with Gasteiger partial charge in [0.05, 0.1) is 4.92 Å². The molecular formula is C13H17N3O2. The molecular weight excluding hydrogens is 230 g/mol. The van der Waals surface area contributed by atoms with E-state index in [1.807, 2.05) is 6.07 Å². The molecule has 0 saturated carbocycles. The van der Waals surface area contributed by atoms with Crippen LogP contribution in [0.25, 0.3) is 0 Å².